The second kappa shape index (κ2) is 7.05. The Hall–Kier alpha value is -3.11. The Bertz CT molecular complexity index is 1120. The molecule has 1 saturated heterocycles. The van der Waals surface area contributed by atoms with E-state index in [1.54, 1.807) is 24.7 Å². The third-order valence-corrected chi connectivity index (χ3v) is 6.37. The lowest BCUT2D eigenvalue weighted by Crippen LogP contribution is -2.40. The molecule has 1 aliphatic heterocycles. The standard InChI is InChI=1S/C19H19N5O4S/c20-16(25)11-5-7-23(8-6-11)14(12-3-1-9-27-12)15-18(26)24-19(29-15)21-17(22-24)13-4-2-10-28-13/h1-4,9-11,14,26H,5-8H2,(H2,20,25)/t14-/m0/s1. The van der Waals surface area contributed by atoms with Gasteiger partial charge in [0.1, 0.15) is 11.8 Å². The van der Waals surface area contributed by atoms with E-state index < -0.39 is 0 Å². The van der Waals surface area contributed by atoms with Gasteiger partial charge in [-0.25, -0.2) is 0 Å². The number of nitrogens with zero attached hydrogens (tertiary/aromatic N) is 4. The summed E-state index contributed by atoms with van der Waals surface area (Å²) in [6, 6.07) is 6.94. The lowest BCUT2D eigenvalue weighted by atomic mass is 9.94. The fraction of sp³-hybridized carbons (Fsp3) is 0.316. The minimum atomic E-state index is -0.292. The van der Waals surface area contributed by atoms with Crippen LogP contribution in [0.1, 0.15) is 29.5 Å². The summed E-state index contributed by atoms with van der Waals surface area (Å²) in [4.78, 5) is 19.4. The van der Waals surface area contributed by atoms with E-state index in [-0.39, 0.29) is 23.7 Å². The topological polar surface area (TPSA) is 123 Å². The number of nitrogens with two attached hydrogens (primary N) is 1. The fourth-order valence-electron chi connectivity index (χ4n) is 3.80. The highest BCUT2D eigenvalue weighted by atomic mass is 32.1. The summed E-state index contributed by atoms with van der Waals surface area (Å²) in [6.07, 6.45) is 4.52. The van der Waals surface area contributed by atoms with Crippen LogP contribution in [0.5, 0.6) is 5.88 Å². The van der Waals surface area contributed by atoms with Gasteiger partial charge >= 0.3 is 0 Å². The van der Waals surface area contributed by atoms with Gasteiger partial charge in [0.15, 0.2) is 5.76 Å². The molecule has 0 aliphatic carbocycles. The van der Waals surface area contributed by atoms with E-state index in [2.05, 4.69) is 15.0 Å². The Morgan fingerprint density at radius 3 is 2.62 bits per heavy atom. The monoisotopic (exact) mass is 413 g/mol. The van der Waals surface area contributed by atoms with Gasteiger partial charge in [-0.2, -0.15) is 9.50 Å². The van der Waals surface area contributed by atoms with Gasteiger partial charge in [-0.3, -0.25) is 9.69 Å². The molecule has 1 amide bonds. The van der Waals surface area contributed by atoms with Crippen molar-refractivity contribution in [3.63, 3.8) is 0 Å². The summed E-state index contributed by atoms with van der Waals surface area (Å²) in [5.41, 5.74) is 5.47. The van der Waals surface area contributed by atoms with Gasteiger partial charge in [0.05, 0.1) is 17.4 Å². The van der Waals surface area contributed by atoms with Gasteiger partial charge in [0, 0.05) is 5.92 Å². The first-order valence-corrected chi connectivity index (χ1v) is 10.1. The molecule has 0 saturated carbocycles. The van der Waals surface area contributed by atoms with Crippen molar-refractivity contribution < 1.29 is 18.7 Å². The molecule has 1 aliphatic rings. The van der Waals surface area contributed by atoms with E-state index in [9.17, 15) is 9.90 Å². The lowest BCUT2D eigenvalue weighted by molar-refractivity contribution is -0.123. The molecule has 3 N–H and O–H groups in total. The minimum absolute atomic E-state index is 0.0220. The van der Waals surface area contributed by atoms with Crippen LogP contribution in [0, 0.1) is 5.92 Å². The SMILES string of the molecule is NC(=O)C1CCN([C@@H](c2ccco2)c2sc3nc(-c4ccco4)nn3c2O)CC1. The molecule has 29 heavy (non-hydrogen) atoms. The molecule has 0 unspecified atom stereocenters. The number of amides is 1. The number of hydrogen-bond donors (Lipinski definition) is 2. The number of carbonyl (C=O) groups is 1. The summed E-state index contributed by atoms with van der Waals surface area (Å²) in [5, 5.41) is 15.3. The number of aromatic nitrogens is 3. The van der Waals surface area contributed by atoms with Gasteiger partial charge in [0.25, 0.3) is 0 Å². The first-order chi connectivity index (χ1) is 14.1. The van der Waals surface area contributed by atoms with Crippen LogP contribution in [-0.4, -0.2) is 43.6 Å². The largest absolute Gasteiger partial charge is 0.492 e. The molecule has 10 heteroatoms. The number of fused-ring (bicyclic) bond motifs is 1. The Labute approximate surface area is 169 Å². The molecule has 0 spiro atoms. The summed E-state index contributed by atoms with van der Waals surface area (Å²) in [7, 11) is 0. The first kappa shape index (κ1) is 18.0. The van der Waals surface area contributed by atoms with Crippen LogP contribution in [-0.2, 0) is 4.79 Å². The second-order valence-electron chi connectivity index (χ2n) is 7.03. The molecular formula is C19H19N5O4S. The summed E-state index contributed by atoms with van der Waals surface area (Å²) in [5.74, 6) is 1.32. The van der Waals surface area contributed by atoms with Crippen LogP contribution in [0.3, 0.4) is 0 Å². The van der Waals surface area contributed by atoms with Gasteiger partial charge in [-0.05, 0) is 50.2 Å². The number of furan rings is 2. The van der Waals surface area contributed by atoms with E-state index in [4.69, 9.17) is 14.6 Å². The van der Waals surface area contributed by atoms with Gasteiger partial charge in [-0.1, -0.05) is 11.3 Å². The molecule has 9 nitrogen and oxygen atoms in total. The van der Waals surface area contributed by atoms with Crippen LogP contribution >= 0.6 is 11.3 Å². The molecular weight excluding hydrogens is 394 g/mol. The van der Waals surface area contributed by atoms with E-state index in [1.807, 2.05) is 12.1 Å². The minimum Gasteiger partial charge on any atom is -0.492 e. The number of carbonyl (C=O) groups excluding carboxylic acids is 1. The summed E-state index contributed by atoms with van der Waals surface area (Å²) < 4.78 is 12.4. The molecule has 0 bridgehead atoms. The van der Waals surface area contributed by atoms with Crippen LogP contribution in [0.2, 0.25) is 0 Å². The van der Waals surface area contributed by atoms with Crippen molar-refractivity contribution in [2.45, 2.75) is 18.9 Å². The molecule has 0 radical (unpaired) electrons. The van der Waals surface area contributed by atoms with Crippen LogP contribution < -0.4 is 5.73 Å². The summed E-state index contributed by atoms with van der Waals surface area (Å²) in [6.45, 7) is 1.34. The molecule has 4 aromatic heterocycles. The predicted octanol–water partition coefficient (Wildman–Crippen LogP) is 2.64. The van der Waals surface area contributed by atoms with Crippen molar-refractivity contribution >= 4 is 22.2 Å². The van der Waals surface area contributed by atoms with E-state index >= 15 is 0 Å². The highest BCUT2D eigenvalue weighted by molar-refractivity contribution is 7.17. The predicted molar refractivity (Wildman–Crippen MR) is 104 cm³/mol. The lowest BCUT2D eigenvalue weighted by Gasteiger charge is -2.35. The third-order valence-electron chi connectivity index (χ3n) is 5.30. The Morgan fingerprint density at radius 1 is 1.24 bits per heavy atom. The van der Waals surface area contributed by atoms with Crippen molar-refractivity contribution in [3.8, 4) is 17.5 Å². The zero-order valence-corrected chi connectivity index (χ0v) is 16.2. The molecule has 1 fully saturated rings. The number of thiazole rings is 1. The van der Waals surface area contributed by atoms with Crippen LogP contribution in [0.25, 0.3) is 16.5 Å². The number of piperidine rings is 1. The maximum atomic E-state index is 11.5. The summed E-state index contributed by atoms with van der Waals surface area (Å²) >= 11 is 1.35. The Balaban J connectivity index is 1.51. The third kappa shape index (κ3) is 3.10. The van der Waals surface area contributed by atoms with Crippen LogP contribution in [0.15, 0.2) is 45.6 Å². The second-order valence-corrected chi connectivity index (χ2v) is 8.04. The fourth-order valence-corrected chi connectivity index (χ4v) is 4.90. The highest BCUT2D eigenvalue weighted by Gasteiger charge is 2.35. The number of hydrogen-bond acceptors (Lipinski definition) is 8. The van der Waals surface area contributed by atoms with E-state index in [0.29, 0.717) is 53.1 Å². The normalized spacial score (nSPS) is 17.1. The quantitative estimate of drug-likeness (QED) is 0.515. The van der Waals surface area contributed by atoms with Crippen LogP contribution in [0.4, 0.5) is 0 Å². The maximum Gasteiger partial charge on any atom is 0.230 e. The van der Waals surface area contributed by atoms with Gasteiger partial charge in [0.2, 0.25) is 22.6 Å². The van der Waals surface area contributed by atoms with E-state index in [1.165, 1.54) is 15.9 Å². The number of aromatic hydroxyl groups is 1. The molecule has 1 atom stereocenters. The Kier molecular flexibility index (Phi) is 4.36. The van der Waals surface area contributed by atoms with Gasteiger partial charge in [-0.15, -0.1) is 5.10 Å². The number of likely N-dealkylation sites (tertiary alicyclic amines) is 1. The molecule has 4 aromatic rings. The maximum absolute atomic E-state index is 11.5. The first-order valence-electron chi connectivity index (χ1n) is 9.31. The smallest absolute Gasteiger partial charge is 0.230 e. The molecule has 5 heterocycles. The zero-order valence-electron chi connectivity index (χ0n) is 15.4. The van der Waals surface area contributed by atoms with Crippen molar-refractivity contribution in [1.82, 2.24) is 19.5 Å². The Morgan fingerprint density at radius 2 is 2.00 bits per heavy atom. The van der Waals surface area contributed by atoms with Crippen molar-refractivity contribution in [2.24, 2.45) is 11.7 Å². The average Bonchev–Trinajstić information content (AvgIpc) is 3.50. The molecule has 5 rings (SSSR count). The van der Waals surface area contributed by atoms with Crippen molar-refractivity contribution in [1.29, 1.82) is 0 Å². The van der Waals surface area contributed by atoms with E-state index in [0.717, 1.165) is 0 Å². The average molecular weight is 413 g/mol. The zero-order chi connectivity index (χ0) is 20.0. The van der Waals surface area contributed by atoms with Gasteiger partial charge < -0.3 is 19.7 Å². The molecule has 0 aromatic carbocycles. The molecule has 150 valence electrons. The number of rotatable bonds is 5. The number of primary amides is 1. The van der Waals surface area contributed by atoms with Crippen molar-refractivity contribution in [3.05, 3.63) is 47.4 Å². The van der Waals surface area contributed by atoms with Crippen molar-refractivity contribution in [2.75, 3.05) is 13.1 Å². The highest BCUT2D eigenvalue weighted by Crippen LogP contribution is 2.41.